The maximum absolute atomic E-state index is 11.2. The van der Waals surface area contributed by atoms with Crippen molar-refractivity contribution in [2.45, 2.75) is 13.8 Å². The molecule has 0 unspecified atom stereocenters. The molecular formula is C7H15NO2S. The minimum absolute atomic E-state index is 0.0195. The van der Waals surface area contributed by atoms with Crippen LogP contribution in [0, 0.1) is 5.41 Å². The molecule has 0 heterocycles. The van der Waals surface area contributed by atoms with Gasteiger partial charge in [-0.3, -0.25) is 4.79 Å². The minimum Gasteiger partial charge on any atom is -0.395 e. The lowest BCUT2D eigenvalue weighted by molar-refractivity contribution is -0.128. The molecule has 0 aromatic carbocycles. The Morgan fingerprint density at radius 3 is 2.55 bits per heavy atom. The fourth-order valence-electron chi connectivity index (χ4n) is 0.481. The highest BCUT2D eigenvalue weighted by Crippen LogP contribution is 2.15. The molecule has 0 aliphatic rings. The van der Waals surface area contributed by atoms with Crippen molar-refractivity contribution < 1.29 is 9.90 Å². The lowest BCUT2D eigenvalue weighted by atomic mass is 9.95. The Morgan fingerprint density at radius 1 is 1.64 bits per heavy atom. The third-order valence-electron chi connectivity index (χ3n) is 1.41. The van der Waals surface area contributed by atoms with Crippen LogP contribution in [-0.4, -0.2) is 29.9 Å². The lowest BCUT2D eigenvalue weighted by Gasteiger charge is -2.20. The summed E-state index contributed by atoms with van der Waals surface area (Å²) in [6.45, 7) is 3.92. The fraction of sp³-hybridized carbons (Fsp3) is 0.857. The van der Waals surface area contributed by atoms with E-state index < -0.39 is 5.41 Å². The summed E-state index contributed by atoms with van der Waals surface area (Å²) in [5, 5.41) is 11.0. The Kier molecular flexibility index (Phi) is 4.52. The number of thiol groups is 1. The van der Waals surface area contributed by atoms with E-state index in [0.717, 1.165) is 0 Å². The molecule has 4 heteroatoms. The molecule has 3 nitrogen and oxygen atoms in total. The van der Waals surface area contributed by atoms with E-state index in [1.165, 1.54) is 0 Å². The molecular weight excluding hydrogens is 162 g/mol. The zero-order valence-electron chi connectivity index (χ0n) is 6.92. The molecule has 0 spiro atoms. The molecule has 0 aliphatic heterocycles. The molecule has 0 aliphatic carbocycles. The average molecular weight is 177 g/mol. The van der Waals surface area contributed by atoms with Gasteiger partial charge < -0.3 is 10.4 Å². The third kappa shape index (κ3) is 3.62. The second-order valence-corrected chi connectivity index (χ2v) is 3.34. The number of aliphatic hydroxyl groups excluding tert-OH is 1. The molecule has 0 saturated carbocycles. The molecule has 0 aromatic heterocycles. The van der Waals surface area contributed by atoms with Crippen LogP contribution in [0.2, 0.25) is 0 Å². The van der Waals surface area contributed by atoms with E-state index in [9.17, 15) is 4.79 Å². The summed E-state index contributed by atoms with van der Waals surface area (Å²) in [6.07, 6.45) is 0. The van der Waals surface area contributed by atoms with E-state index in [4.69, 9.17) is 5.11 Å². The summed E-state index contributed by atoms with van der Waals surface area (Å²) >= 11 is 4.04. The van der Waals surface area contributed by atoms with Crippen LogP contribution in [0.3, 0.4) is 0 Å². The zero-order chi connectivity index (χ0) is 8.91. The van der Waals surface area contributed by atoms with E-state index in [1.807, 2.05) is 13.8 Å². The van der Waals surface area contributed by atoms with Crippen LogP contribution in [0.15, 0.2) is 0 Å². The van der Waals surface area contributed by atoms with Crippen molar-refractivity contribution in [3.05, 3.63) is 0 Å². The quantitative estimate of drug-likeness (QED) is 0.531. The van der Waals surface area contributed by atoms with Gasteiger partial charge in [-0.1, -0.05) is 13.8 Å². The van der Waals surface area contributed by atoms with Crippen molar-refractivity contribution in [3.8, 4) is 0 Å². The van der Waals surface area contributed by atoms with Crippen molar-refractivity contribution in [1.29, 1.82) is 0 Å². The molecule has 11 heavy (non-hydrogen) atoms. The van der Waals surface area contributed by atoms with Gasteiger partial charge >= 0.3 is 0 Å². The summed E-state index contributed by atoms with van der Waals surface area (Å²) in [6, 6.07) is 0. The summed E-state index contributed by atoms with van der Waals surface area (Å²) in [4.78, 5) is 11.2. The van der Waals surface area contributed by atoms with Gasteiger partial charge in [0.2, 0.25) is 5.91 Å². The topological polar surface area (TPSA) is 49.3 Å². The van der Waals surface area contributed by atoms with Gasteiger partial charge in [-0.25, -0.2) is 0 Å². The van der Waals surface area contributed by atoms with Crippen molar-refractivity contribution in [1.82, 2.24) is 5.32 Å². The van der Waals surface area contributed by atoms with E-state index in [1.54, 1.807) is 0 Å². The lowest BCUT2D eigenvalue weighted by Crippen LogP contribution is -2.39. The molecule has 66 valence electrons. The number of rotatable bonds is 4. The number of carbonyl (C=O) groups is 1. The summed E-state index contributed by atoms with van der Waals surface area (Å²) in [7, 11) is 0. The van der Waals surface area contributed by atoms with E-state index in [-0.39, 0.29) is 12.5 Å². The van der Waals surface area contributed by atoms with Crippen LogP contribution >= 0.6 is 12.6 Å². The maximum atomic E-state index is 11.2. The Bertz CT molecular complexity index is 136. The molecule has 0 saturated heterocycles. The Balaban J connectivity index is 3.82. The number of amides is 1. The smallest absolute Gasteiger partial charge is 0.226 e. The summed E-state index contributed by atoms with van der Waals surface area (Å²) in [5.74, 6) is 0.436. The highest BCUT2D eigenvalue weighted by atomic mass is 32.1. The Morgan fingerprint density at radius 2 is 2.18 bits per heavy atom. The van der Waals surface area contributed by atoms with Crippen molar-refractivity contribution >= 4 is 18.5 Å². The first kappa shape index (κ1) is 10.8. The highest BCUT2D eigenvalue weighted by Gasteiger charge is 2.24. The van der Waals surface area contributed by atoms with Crippen LogP contribution in [0.25, 0.3) is 0 Å². The molecule has 0 aromatic rings. The monoisotopic (exact) mass is 177 g/mol. The van der Waals surface area contributed by atoms with Gasteiger partial charge in [0.25, 0.3) is 0 Å². The van der Waals surface area contributed by atoms with Gasteiger partial charge in [0.05, 0.1) is 12.0 Å². The second-order valence-electron chi connectivity index (χ2n) is 3.02. The van der Waals surface area contributed by atoms with Crippen LogP contribution in [0.5, 0.6) is 0 Å². The Hall–Kier alpha value is -0.220. The number of hydrogen-bond acceptors (Lipinski definition) is 3. The fourth-order valence-corrected chi connectivity index (χ4v) is 0.624. The van der Waals surface area contributed by atoms with Gasteiger partial charge in [0, 0.05) is 12.3 Å². The molecule has 0 fully saturated rings. The molecule has 1 amide bonds. The third-order valence-corrected chi connectivity index (χ3v) is 2.20. The van der Waals surface area contributed by atoms with Crippen molar-refractivity contribution in [3.63, 3.8) is 0 Å². The molecule has 0 bridgehead atoms. The van der Waals surface area contributed by atoms with Gasteiger partial charge in [-0.15, -0.1) is 0 Å². The number of aliphatic hydroxyl groups is 1. The van der Waals surface area contributed by atoms with Gasteiger partial charge in [-0.2, -0.15) is 12.6 Å². The first-order valence-electron chi connectivity index (χ1n) is 3.54. The van der Waals surface area contributed by atoms with Gasteiger partial charge in [0.15, 0.2) is 0 Å². The predicted octanol–water partition coefficient (Wildman–Crippen LogP) is 0.0509. The van der Waals surface area contributed by atoms with E-state index >= 15 is 0 Å². The summed E-state index contributed by atoms with van der Waals surface area (Å²) < 4.78 is 0. The van der Waals surface area contributed by atoms with E-state index in [2.05, 4.69) is 17.9 Å². The normalized spacial score (nSPS) is 11.3. The zero-order valence-corrected chi connectivity index (χ0v) is 7.82. The molecule has 0 rings (SSSR count). The van der Waals surface area contributed by atoms with Crippen molar-refractivity contribution in [2.75, 3.05) is 18.9 Å². The van der Waals surface area contributed by atoms with Crippen molar-refractivity contribution in [2.24, 2.45) is 5.41 Å². The standard InChI is InChI=1S/C7H15NO2S/c1-7(2,5-11)6(10)8-3-4-9/h9,11H,3-5H2,1-2H3,(H,8,10). The van der Waals surface area contributed by atoms with Gasteiger partial charge in [-0.05, 0) is 0 Å². The van der Waals surface area contributed by atoms with Gasteiger partial charge in [0.1, 0.15) is 0 Å². The SMILES string of the molecule is CC(C)(CS)C(=O)NCCO. The minimum atomic E-state index is -0.446. The molecule has 0 radical (unpaired) electrons. The number of nitrogens with one attached hydrogen (secondary N) is 1. The largest absolute Gasteiger partial charge is 0.395 e. The predicted molar refractivity (Wildman–Crippen MR) is 47.7 cm³/mol. The average Bonchev–Trinajstić information content (AvgIpc) is 2.00. The van der Waals surface area contributed by atoms with Crippen LogP contribution in [0.4, 0.5) is 0 Å². The van der Waals surface area contributed by atoms with E-state index in [0.29, 0.717) is 12.3 Å². The Labute approximate surface area is 72.6 Å². The number of hydrogen-bond donors (Lipinski definition) is 3. The molecule has 0 atom stereocenters. The summed E-state index contributed by atoms with van der Waals surface area (Å²) in [5.41, 5.74) is -0.446. The van der Waals surface area contributed by atoms with Crippen LogP contribution in [0.1, 0.15) is 13.8 Å². The first-order valence-corrected chi connectivity index (χ1v) is 4.18. The maximum Gasteiger partial charge on any atom is 0.226 e. The second kappa shape index (κ2) is 4.62. The first-order chi connectivity index (χ1) is 5.04. The molecule has 2 N–H and O–H groups in total. The van der Waals surface area contributed by atoms with Crippen LogP contribution in [-0.2, 0) is 4.79 Å². The van der Waals surface area contributed by atoms with Crippen LogP contribution < -0.4 is 5.32 Å². The number of carbonyl (C=O) groups excluding carboxylic acids is 1. The highest BCUT2D eigenvalue weighted by molar-refractivity contribution is 7.80.